The quantitative estimate of drug-likeness (QED) is 0.483. The Balaban J connectivity index is 1.59. The van der Waals surface area contributed by atoms with Gasteiger partial charge in [0.15, 0.2) is 0 Å². The third kappa shape index (κ3) is 5.93. The van der Waals surface area contributed by atoms with Gasteiger partial charge in [0.05, 0.1) is 17.5 Å². The SMILES string of the molecule is CCOc1ccc(/C=C2/SC(=S)N(CCC(=O)Nc3cccc(C(=O)[O-])c3)C2=O)cc1. The van der Waals surface area contributed by atoms with E-state index in [0.29, 0.717) is 21.5 Å². The van der Waals surface area contributed by atoms with Crippen molar-refractivity contribution in [3.8, 4) is 5.75 Å². The fourth-order valence-corrected chi connectivity index (χ4v) is 4.14. The molecule has 31 heavy (non-hydrogen) atoms. The van der Waals surface area contributed by atoms with Gasteiger partial charge >= 0.3 is 0 Å². The Bertz CT molecular complexity index is 1050. The highest BCUT2D eigenvalue weighted by Crippen LogP contribution is 2.32. The van der Waals surface area contributed by atoms with Crippen molar-refractivity contribution in [1.82, 2.24) is 4.90 Å². The molecular weight excluding hydrogens is 436 g/mol. The standard InChI is InChI=1S/C22H20N2O5S2/c1-2-29-17-8-6-14(7-9-17)12-18-20(26)24(22(30)31-18)11-10-19(25)23-16-5-3-4-15(13-16)21(27)28/h3-9,12-13H,2,10-11H2,1H3,(H,23,25)(H,27,28)/p-1/b18-12+. The molecule has 9 heteroatoms. The van der Waals surface area contributed by atoms with Gasteiger partial charge in [-0.2, -0.15) is 0 Å². The number of carboxylic acid groups (broad SMARTS) is 1. The Hall–Kier alpha value is -3.17. The summed E-state index contributed by atoms with van der Waals surface area (Å²) in [7, 11) is 0. The van der Waals surface area contributed by atoms with Crippen molar-refractivity contribution in [2.75, 3.05) is 18.5 Å². The normalized spacial score (nSPS) is 14.7. The van der Waals surface area contributed by atoms with Crippen LogP contribution < -0.4 is 15.2 Å². The number of carboxylic acids is 1. The van der Waals surface area contributed by atoms with Crippen LogP contribution in [0.2, 0.25) is 0 Å². The maximum Gasteiger partial charge on any atom is 0.266 e. The van der Waals surface area contributed by atoms with Gasteiger partial charge in [0.1, 0.15) is 10.1 Å². The number of nitrogens with zero attached hydrogens (tertiary/aromatic N) is 1. The minimum Gasteiger partial charge on any atom is -0.545 e. The minimum absolute atomic E-state index is 0.0122. The summed E-state index contributed by atoms with van der Waals surface area (Å²) in [6.07, 6.45) is 1.76. The van der Waals surface area contributed by atoms with Crippen molar-refractivity contribution in [3.05, 3.63) is 64.6 Å². The van der Waals surface area contributed by atoms with E-state index in [1.54, 1.807) is 12.1 Å². The molecule has 1 aliphatic rings. The van der Waals surface area contributed by atoms with Gasteiger partial charge in [0, 0.05) is 18.7 Å². The van der Waals surface area contributed by atoms with Crippen molar-refractivity contribution in [1.29, 1.82) is 0 Å². The topological polar surface area (TPSA) is 98.8 Å². The van der Waals surface area contributed by atoms with Gasteiger partial charge in [0.2, 0.25) is 5.91 Å². The van der Waals surface area contributed by atoms with Crippen LogP contribution in [-0.4, -0.2) is 40.2 Å². The molecule has 2 amide bonds. The fraction of sp³-hybridized carbons (Fsp3) is 0.182. The first-order valence-electron chi connectivity index (χ1n) is 9.47. The van der Waals surface area contributed by atoms with Crippen molar-refractivity contribution in [3.63, 3.8) is 0 Å². The lowest BCUT2D eigenvalue weighted by molar-refractivity contribution is -0.255. The average molecular weight is 456 g/mol. The van der Waals surface area contributed by atoms with Gasteiger partial charge < -0.3 is 20.0 Å². The second-order valence-electron chi connectivity index (χ2n) is 6.50. The number of carbonyl (C=O) groups is 3. The van der Waals surface area contributed by atoms with Gasteiger partial charge in [-0.25, -0.2) is 0 Å². The zero-order chi connectivity index (χ0) is 22.4. The maximum atomic E-state index is 12.7. The van der Waals surface area contributed by atoms with E-state index in [-0.39, 0.29) is 30.3 Å². The minimum atomic E-state index is -1.33. The molecule has 7 nitrogen and oxygen atoms in total. The summed E-state index contributed by atoms with van der Waals surface area (Å²) in [5, 5.41) is 13.5. The summed E-state index contributed by atoms with van der Waals surface area (Å²) in [5.41, 5.74) is 1.15. The number of anilines is 1. The highest BCUT2D eigenvalue weighted by Gasteiger charge is 2.32. The lowest BCUT2D eigenvalue weighted by Gasteiger charge is -2.14. The summed E-state index contributed by atoms with van der Waals surface area (Å²) in [4.78, 5) is 37.7. The zero-order valence-electron chi connectivity index (χ0n) is 16.6. The molecule has 0 aliphatic carbocycles. The van der Waals surface area contributed by atoms with Crippen LogP contribution in [0.25, 0.3) is 6.08 Å². The van der Waals surface area contributed by atoms with Gasteiger partial charge in [-0.3, -0.25) is 14.5 Å². The predicted molar refractivity (Wildman–Crippen MR) is 122 cm³/mol. The number of benzene rings is 2. The number of ether oxygens (including phenoxy) is 1. The Morgan fingerprint density at radius 2 is 1.97 bits per heavy atom. The van der Waals surface area contributed by atoms with E-state index < -0.39 is 5.97 Å². The van der Waals surface area contributed by atoms with Crippen LogP contribution in [0.3, 0.4) is 0 Å². The van der Waals surface area contributed by atoms with Crippen LogP contribution >= 0.6 is 24.0 Å². The summed E-state index contributed by atoms with van der Waals surface area (Å²) in [6, 6.07) is 13.1. The maximum absolute atomic E-state index is 12.7. The number of aromatic carboxylic acids is 1. The fourth-order valence-electron chi connectivity index (χ4n) is 2.83. The molecular formula is C22H19N2O5S2-. The Labute approximate surface area is 189 Å². The molecule has 3 rings (SSSR count). The summed E-state index contributed by atoms with van der Waals surface area (Å²) in [5.74, 6) is -1.19. The predicted octanol–water partition coefficient (Wildman–Crippen LogP) is 2.68. The second kappa shape index (κ2) is 10.2. The number of carbonyl (C=O) groups excluding carboxylic acids is 3. The van der Waals surface area contributed by atoms with E-state index in [9.17, 15) is 19.5 Å². The van der Waals surface area contributed by atoms with Gasteiger partial charge in [-0.15, -0.1) is 0 Å². The molecule has 0 saturated carbocycles. The monoisotopic (exact) mass is 455 g/mol. The molecule has 160 valence electrons. The van der Waals surface area contributed by atoms with E-state index in [1.165, 1.54) is 34.9 Å². The summed E-state index contributed by atoms with van der Waals surface area (Å²) >= 11 is 6.48. The molecule has 0 radical (unpaired) electrons. The molecule has 1 saturated heterocycles. The van der Waals surface area contributed by atoms with E-state index >= 15 is 0 Å². The van der Waals surface area contributed by atoms with Crippen molar-refractivity contribution < 1.29 is 24.2 Å². The molecule has 0 aromatic heterocycles. The van der Waals surface area contributed by atoms with E-state index in [1.807, 2.05) is 31.2 Å². The van der Waals surface area contributed by atoms with Crippen LogP contribution in [0, 0.1) is 0 Å². The average Bonchev–Trinajstić information content (AvgIpc) is 3.01. The third-order valence-electron chi connectivity index (χ3n) is 4.31. The number of thiocarbonyl (C=S) groups is 1. The van der Waals surface area contributed by atoms with Crippen LogP contribution in [0.4, 0.5) is 5.69 Å². The molecule has 0 unspecified atom stereocenters. The largest absolute Gasteiger partial charge is 0.545 e. The molecule has 0 spiro atoms. The van der Waals surface area contributed by atoms with Gasteiger partial charge in [-0.05, 0) is 48.4 Å². The summed E-state index contributed by atoms with van der Waals surface area (Å²) < 4.78 is 5.79. The number of nitrogens with one attached hydrogen (secondary N) is 1. The van der Waals surface area contributed by atoms with E-state index in [2.05, 4.69) is 5.32 Å². The van der Waals surface area contributed by atoms with Crippen molar-refractivity contribution in [2.45, 2.75) is 13.3 Å². The number of rotatable bonds is 8. The van der Waals surface area contributed by atoms with Crippen LogP contribution in [0.1, 0.15) is 29.3 Å². The summed E-state index contributed by atoms with van der Waals surface area (Å²) in [6.45, 7) is 2.61. The number of amides is 2. The lowest BCUT2D eigenvalue weighted by Crippen LogP contribution is -2.31. The first-order chi connectivity index (χ1) is 14.9. The molecule has 1 aliphatic heterocycles. The smallest absolute Gasteiger partial charge is 0.266 e. The molecule has 2 aromatic carbocycles. The highest BCUT2D eigenvalue weighted by atomic mass is 32.2. The second-order valence-corrected chi connectivity index (χ2v) is 8.18. The number of hydrogen-bond acceptors (Lipinski definition) is 7. The van der Waals surface area contributed by atoms with Crippen LogP contribution in [0.5, 0.6) is 5.75 Å². The van der Waals surface area contributed by atoms with Crippen LogP contribution in [-0.2, 0) is 9.59 Å². The Morgan fingerprint density at radius 1 is 1.23 bits per heavy atom. The van der Waals surface area contributed by atoms with Gasteiger partial charge in [0.25, 0.3) is 5.91 Å². The Kier molecular flexibility index (Phi) is 7.43. The van der Waals surface area contributed by atoms with E-state index in [0.717, 1.165) is 11.3 Å². The lowest BCUT2D eigenvalue weighted by atomic mass is 10.2. The van der Waals surface area contributed by atoms with E-state index in [4.69, 9.17) is 17.0 Å². The first-order valence-corrected chi connectivity index (χ1v) is 10.7. The highest BCUT2D eigenvalue weighted by molar-refractivity contribution is 8.26. The zero-order valence-corrected chi connectivity index (χ0v) is 18.3. The molecule has 1 heterocycles. The number of hydrogen-bond donors (Lipinski definition) is 1. The molecule has 2 aromatic rings. The molecule has 0 atom stereocenters. The molecule has 1 N–H and O–H groups in total. The molecule has 0 bridgehead atoms. The van der Waals surface area contributed by atoms with Gasteiger partial charge in [-0.1, -0.05) is 48.2 Å². The van der Waals surface area contributed by atoms with Crippen molar-refractivity contribution >= 4 is 57.8 Å². The Morgan fingerprint density at radius 3 is 2.65 bits per heavy atom. The first kappa shape index (κ1) is 22.5. The number of thioether (sulfide) groups is 1. The third-order valence-corrected chi connectivity index (χ3v) is 5.68. The van der Waals surface area contributed by atoms with Crippen molar-refractivity contribution in [2.24, 2.45) is 0 Å². The molecule has 1 fully saturated rings. The van der Waals surface area contributed by atoms with Crippen LogP contribution in [0.15, 0.2) is 53.4 Å².